The van der Waals surface area contributed by atoms with Crippen molar-refractivity contribution in [2.45, 2.75) is 65.3 Å². The molecule has 2 heterocycles. The molecule has 1 aliphatic heterocycles. The molecule has 37 heavy (non-hydrogen) atoms. The van der Waals surface area contributed by atoms with Crippen LogP contribution in [0.25, 0.3) is 22.3 Å². The normalized spacial score (nSPS) is 14.6. The van der Waals surface area contributed by atoms with Crippen molar-refractivity contribution in [3.8, 4) is 28.0 Å². The summed E-state index contributed by atoms with van der Waals surface area (Å²) < 4.78 is 60.5. The molecule has 0 bridgehead atoms. The second-order valence-electron chi connectivity index (χ2n) is 10.2. The highest BCUT2D eigenvalue weighted by Gasteiger charge is 2.42. The van der Waals surface area contributed by atoms with Gasteiger partial charge in [0.15, 0.2) is 6.10 Å². The molecule has 0 fully saturated rings. The predicted octanol–water partition coefficient (Wildman–Crippen LogP) is 8.07. The molecule has 0 aliphatic carbocycles. The van der Waals surface area contributed by atoms with E-state index in [-0.39, 0.29) is 5.56 Å². The lowest BCUT2D eigenvalue weighted by molar-refractivity contribution is -0.166. The third kappa shape index (κ3) is 5.70. The third-order valence-electron chi connectivity index (χ3n) is 6.23. The molecule has 0 radical (unpaired) electrons. The smallest absolute Gasteiger partial charge is 0.416 e. The summed E-state index contributed by atoms with van der Waals surface area (Å²) >= 11 is 1.57. The number of hydrogen-bond donors (Lipinski definition) is 0. The Labute approximate surface area is 219 Å². The van der Waals surface area contributed by atoms with Crippen molar-refractivity contribution in [3.05, 3.63) is 62.8 Å². The van der Waals surface area contributed by atoms with Crippen LogP contribution in [0.15, 0.2) is 36.4 Å². The lowest BCUT2D eigenvalue weighted by Gasteiger charge is -2.31. The van der Waals surface area contributed by atoms with Crippen molar-refractivity contribution in [1.29, 1.82) is 0 Å². The van der Waals surface area contributed by atoms with Gasteiger partial charge in [0.25, 0.3) is 0 Å². The van der Waals surface area contributed by atoms with E-state index < -0.39 is 29.4 Å². The fourth-order valence-corrected chi connectivity index (χ4v) is 5.71. The van der Waals surface area contributed by atoms with E-state index in [4.69, 9.17) is 14.2 Å². The van der Waals surface area contributed by atoms with Gasteiger partial charge in [-0.1, -0.05) is 12.1 Å². The lowest BCUT2D eigenvalue weighted by atomic mass is 9.84. The number of halogens is 3. The number of rotatable bonds is 5. The highest BCUT2D eigenvalue weighted by atomic mass is 32.1. The molecule has 0 N–H and O–H groups in total. The summed E-state index contributed by atoms with van der Waals surface area (Å²) in [6.45, 7) is 9.59. The number of thiophene rings is 1. The third-order valence-corrected chi connectivity index (χ3v) is 7.19. The summed E-state index contributed by atoms with van der Waals surface area (Å²) in [7, 11) is 1.15. The summed E-state index contributed by atoms with van der Waals surface area (Å²) in [6.07, 6.45) is -4.75. The van der Waals surface area contributed by atoms with Gasteiger partial charge in [0.2, 0.25) is 0 Å². The number of methoxy groups -OCH3 is 1. The minimum atomic E-state index is -4.73. The van der Waals surface area contributed by atoms with Gasteiger partial charge < -0.3 is 14.2 Å². The van der Waals surface area contributed by atoms with Crippen LogP contribution in [0.2, 0.25) is 0 Å². The van der Waals surface area contributed by atoms with Crippen LogP contribution in [0.3, 0.4) is 0 Å². The number of hydrogen-bond acceptors (Lipinski definition) is 5. The molecule has 0 saturated carbocycles. The average molecular weight is 533 g/mol. The molecule has 1 unspecified atom stereocenters. The standard InChI is InChI=1S/C29H31F3O4S/c1-16-14-21(17(2)37-16)20-10-11-22(29(30,31)32)25(26(27(33)34-6)36-28(3,4)5)24(20)19-9-12-23-18(15-19)8-7-13-35-23/h9-12,14-15,26H,7-8,13H2,1-6H3. The number of benzene rings is 2. The Balaban J connectivity index is 2.13. The summed E-state index contributed by atoms with van der Waals surface area (Å²) in [6, 6.07) is 9.93. The van der Waals surface area contributed by atoms with Crippen molar-refractivity contribution in [1.82, 2.24) is 0 Å². The first-order chi connectivity index (χ1) is 17.3. The Morgan fingerprint density at radius 2 is 1.78 bits per heavy atom. The van der Waals surface area contributed by atoms with Gasteiger partial charge in [0.05, 0.1) is 24.9 Å². The van der Waals surface area contributed by atoms with Gasteiger partial charge >= 0.3 is 12.1 Å². The predicted molar refractivity (Wildman–Crippen MR) is 139 cm³/mol. The maximum absolute atomic E-state index is 14.6. The fraction of sp³-hybridized carbons (Fsp3) is 0.414. The van der Waals surface area contributed by atoms with Crippen molar-refractivity contribution in [3.63, 3.8) is 0 Å². The van der Waals surface area contributed by atoms with Gasteiger partial charge in [-0.15, -0.1) is 11.3 Å². The molecule has 8 heteroatoms. The molecular weight excluding hydrogens is 501 g/mol. The number of carbonyl (C=O) groups is 1. The second-order valence-corrected chi connectivity index (χ2v) is 11.6. The summed E-state index contributed by atoms with van der Waals surface area (Å²) in [4.78, 5) is 15.1. The highest BCUT2D eigenvalue weighted by Crippen LogP contribution is 2.48. The Kier molecular flexibility index (Phi) is 7.45. The molecule has 198 valence electrons. The lowest BCUT2D eigenvalue weighted by Crippen LogP contribution is -2.30. The van der Waals surface area contributed by atoms with E-state index in [1.165, 1.54) is 6.07 Å². The molecule has 1 atom stereocenters. The first-order valence-corrected chi connectivity index (χ1v) is 12.9. The Morgan fingerprint density at radius 1 is 1.05 bits per heavy atom. The topological polar surface area (TPSA) is 44.8 Å². The van der Waals surface area contributed by atoms with Gasteiger partial charge in [0.1, 0.15) is 5.75 Å². The Morgan fingerprint density at radius 3 is 2.38 bits per heavy atom. The number of alkyl halides is 3. The zero-order valence-corrected chi connectivity index (χ0v) is 22.7. The summed E-state index contributed by atoms with van der Waals surface area (Å²) in [5.74, 6) is -0.165. The zero-order chi connectivity index (χ0) is 27.1. The van der Waals surface area contributed by atoms with E-state index in [0.29, 0.717) is 23.3 Å². The van der Waals surface area contributed by atoms with Crippen LogP contribution in [0, 0.1) is 13.8 Å². The SMILES string of the molecule is COC(=O)C(OC(C)(C)C)c1c(C(F)(F)F)ccc(-c2cc(C)sc2C)c1-c1ccc2c(c1)CCCO2. The maximum atomic E-state index is 14.6. The molecule has 0 amide bonds. The fourth-order valence-electron chi connectivity index (χ4n) is 4.77. The van der Waals surface area contributed by atoms with Gasteiger partial charge in [0, 0.05) is 15.3 Å². The monoisotopic (exact) mass is 532 g/mol. The number of aryl methyl sites for hydroxylation is 3. The van der Waals surface area contributed by atoms with Crippen molar-refractivity contribution >= 4 is 17.3 Å². The molecular formula is C29H31F3O4S. The maximum Gasteiger partial charge on any atom is 0.416 e. The Hall–Kier alpha value is -2.84. The van der Waals surface area contributed by atoms with Gasteiger partial charge in [-0.25, -0.2) is 4.79 Å². The first-order valence-electron chi connectivity index (χ1n) is 12.1. The number of carbonyl (C=O) groups excluding carboxylic acids is 1. The molecule has 1 aromatic heterocycles. The molecule has 0 spiro atoms. The van der Waals surface area contributed by atoms with Crippen LogP contribution < -0.4 is 4.74 Å². The van der Waals surface area contributed by atoms with Crippen LogP contribution in [0.5, 0.6) is 5.75 Å². The molecule has 1 aliphatic rings. The van der Waals surface area contributed by atoms with Crippen molar-refractivity contribution in [2.24, 2.45) is 0 Å². The summed E-state index contributed by atoms with van der Waals surface area (Å²) in [5.41, 5.74) is 1.12. The van der Waals surface area contributed by atoms with E-state index in [1.54, 1.807) is 44.2 Å². The van der Waals surface area contributed by atoms with Gasteiger partial charge in [-0.2, -0.15) is 13.2 Å². The zero-order valence-electron chi connectivity index (χ0n) is 21.8. The molecule has 2 aromatic carbocycles. The van der Waals surface area contributed by atoms with Gasteiger partial charge in [-0.05, 0) is 99.5 Å². The van der Waals surface area contributed by atoms with Crippen LogP contribution >= 0.6 is 11.3 Å². The van der Waals surface area contributed by atoms with Crippen LogP contribution in [-0.2, 0) is 26.9 Å². The van der Waals surface area contributed by atoms with Crippen LogP contribution in [-0.4, -0.2) is 25.3 Å². The highest BCUT2D eigenvalue weighted by molar-refractivity contribution is 7.12. The quantitative estimate of drug-likeness (QED) is 0.312. The van der Waals surface area contributed by atoms with Crippen molar-refractivity contribution < 1.29 is 32.2 Å². The minimum Gasteiger partial charge on any atom is -0.493 e. The number of ether oxygens (including phenoxy) is 3. The van der Waals surface area contributed by atoms with Crippen molar-refractivity contribution in [2.75, 3.05) is 13.7 Å². The Bertz CT molecular complexity index is 1320. The largest absolute Gasteiger partial charge is 0.493 e. The molecule has 4 nitrogen and oxygen atoms in total. The minimum absolute atomic E-state index is 0.244. The van der Waals surface area contributed by atoms with Gasteiger partial charge in [-0.3, -0.25) is 0 Å². The molecule has 0 saturated heterocycles. The van der Waals surface area contributed by atoms with Crippen LogP contribution in [0.4, 0.5) is 13.2 Å². The average Bonchev–Trinajstić information content (AvgIpc) is 3.17. The molecule has 3 aromatic rings. The van der Waals surface area contributed by atoms with E-state index in [1.807, 2.05) is 26.0 Å². The van der Waals surface area contributed by atoms with E-state index >= 15 is 0 Å². The van der Waals surface area contributed by atoms with E-state index in [0.717, 1.165) is 52.6 Å². The number of fused-ring (bicyclic) bond motifs is 1. The summed E-state index contributed by atoms with van der Waals surface area (Å²) in [5, 5.41) is 0. The van der Waals surface area contributed by atoms with E-state index in [9.17, 15) is 18.0 Å². The van der Waals surface area contributed by atoms with E-state index in [2.05, 4.69) is 0 Å². The number of esters is 1. The molecule has 4 rings (SSSR count). The second kappa shape index (κ2) is 10.1. The van der Waals surface area contributed by atoms with Crippen LogP contribution in [0.1, 0.15) is 59.7 Å². The first kappa shape index (κ1) is 27.2.